The third-order valence-electron chi connectivity index (χ3n) is 3.66. The van der Waals surface area contributed by atoms with Crippen molar-refractivity contribution in [2.24, 2.45) is 4.99 Å². The molecular weight excluding hydrogens is 475 g/mol. The van der Waals surface area contributed by atoms with Gasteiger partial charge in [-0.25, -0.2) is 0 Å². The zero-order valence-electron chi connectivity index (χ0n) is 14.6. The van der Waals surface area contributed by atoms with Gasteiger partial charge in [-0.05, 0) is 75.8 Å². The number of nitrogens with one attached hydrogen (secondary N) is 1. The molecule has 0 fully saturated rings. The third kappa shape index (κ3) is 5.67. The zero-order chi connectivity index (χ0) is 19.2. The van der Waals surface area contributed by atoms with Gasteiger partial charge in [0.15, 0.2) is 5.17 Å². The quantitative estimate of drug-likeness (QED) is 0.498. The molecule has 0 unspecified atom stereocenters. The van der Waals surface area contributed by atoms with Crippen LogP contribution in [0, 0.1) is 3.57 Å². The standard InChI is InChI=1S/C20H17IN2O3S/c1-2-18(24)22-20-23-19(25)17(27-20)11-13-6-8-16(9-7-13)26-12-14-4-3-5-15(21)10-14/h3-11H,2,12H2,1H3,(H,22,23,24,25)/b17-11+. The van der Waals surface area contributed by atoms with Crippen LogP contribution < -0.4 is 10.1 Å². The molecule has 0 radical (unpaired) electrons. The van der Waals surface area contributed by atoms with Crippen molar-refractivity contribution in [3.63, 3.8) is 0 Å². The van der Waals surface area contributed by atoms with Crippen molar-refractivity contribution < 1.29 is 14.3 Å². The van der Waals surface area contributed by atoms with Gasteiger partial charge >= 0.3 is 0 Å². The molecule has 1 heterocycles. The summed E-state index contributed by atoms with van der Waals surface area (Å²) in [6.07, 6.45) is 2.10. The van der Waals surface area contributed by atoms with Crippen LogP contribution in [0.4, 0.5) is 0 Å². The highest BCUT2D eigenvalue weighted by Gasteiger charge is 2.22. The van der Waals surface area contributed by atoms with Crippen LogP contribution >= 0.6 is 34.4 Å². The van der Waals surface area contributed by atoms with Crippen molar-refractivity contribution in [2.45, 2.75) is 20.0 Å². The second-order valence-electron chi connectivity index (χ2n) is 5.72. The molecule has 1 aliphatic heterocycles. The maximum Gasteiger partial charge on any atom is 0.286 e. The van der Waals surface area contributed by atoms with Crippen LogP contribution in [-0.2, 0) is 16.2 Å². The van der Waals surface area contributed by atoms with Crippen LogP contribution in [0.2, 0.25) is 0 Å². The predicted molar refractivity (Wildman–Crippen MR) is 116 cm³/mol. The number of halogens is 1. The van der Waals surface area contributed by atoms with Gasteiger partial charge in [0, 0.05) is 9.99 Å². The first-order chi connectivity index (χ1) is 13.0. The largest absolute Gasteiger partial charge is 0.489 e. The summed E-state index contributed by atoms with van der Waals surface area (Å²) < 4.78 is 6.97. The summed E-state index contributed by atoms with van der Waals surface area (Å²) in [5.41, 5.74) is 1.98. The Hall–Kier alpha value is -2.13. The van der Waals surface area contributed by atoms with Crippen molar-refractivity contribution in [1.29, 1.82) is 0 Å². The Morgan fingerprint density at radius 2 is 2.04 bits per heavy atom. The number of amides is 2. The molecule has 0 spiro atoms. The Bertz CT molecular complexity index is 923. The topological polar surface area (TPSA) is 67.8 Å². The predicted octanol–water partition coefficient (Wildman–Crippen LogP) is 4.37. The average Bonchev–Trinajstić information content (AvgIpc) is 3.00. The minimum Gasteiger partial charge on any atom is -0.489 e. The van der Waals surface area contributed by atoms with E-state index in [1.165, 1.54) is 15.3 Å². The first-order valence-electron chi connectivity index (χ1n) is 8.33. The van der Waals surface area contributed by atoms with Crippen molar-refractivity contribution in [3.05, 3.63) is 68.1 Å². The molecule has 0 aromatic heterocycles. The fraction of sp³-hybridized carbons (Fsp3) is 0.150. The van der Waals surface area contributed by atoms with Gasteiger partial charge in [0.25, 0.3) is 5.91 Å². The van der Waals surface area contributed by atoms with E-state index in [-0.39, 0.29) is 11.8 Å². The summed E-state index contributed by atoms with van der Waals surface area (Å²) in [5, 5.41) is 2.94. The van der Waals surface area contributed by atoms with E-state index in [1.54, 1.807) is 13.0 Å². The second-order valence-corrected chi connectivity index (χ2v) is 8.00. The molecule has 1 N–H and O–H groups in total. The van der Waals surface area contributed by atoms with E-state index in [9.17, 15) is 9.59 Å². The van der Waals surface area contributed by atoms with E-state index in [1.807, 2.05) is 42.5 Å². The maximum absolute atomic E-state index is 12.0. The Labute approximate surface area is 175 Å². The molecular formula is C20H17IN2O3S. The van der Waals surface area contributed by atoms with E-state index < -0.39 is 0 Å². The fourth-order valence-electron chi connectivity index (χ4n) is 2.28. The Morgan fingerprint density at radius 3 is 2.74 bits per heavy atom. The van der Waals surface area contributed by atoms with Gasteiger partial charge in [-0.15, -0.1) is 0 Å². The van der Waals surface area contributed by atoms with Crippen molar-refractivity contribution in [2.75, 3.05) is 0 Å². The fourth-order valence-corrected chi connectivity index (χ4v) is 3.71. The van der Waals surface area contributed by atoms with Gasteiger partial charge in [0.2, 0.25) is 5.91 Å². The second kappa shape index (κ2) is 9.18. The number of aliphatic imine (C=N–C) groups is 1. The first-order valence-corrected chi connectivity index (χ1v) is 10.2. The molecule has 0 saturated heterocycles. The smallest absolute Gasteiger partial charge is 0.286 e. The van der Waals surface area contributed by atoms with Gasteiger partial charge in [-0.2, -0.15) is 4.99 Å². The highest BCUT2D eigenvalue weighted by Crippen LogP contribution is 2.28. The number of carbonyl (C=O) groups is 2. The molecule has 5 nitrogen and oxygen atoms in total. The van der Waals surface area contributed by atoms with E-state index in [2.05, 4.69) is 39.0 Å². The summed E-state index contributed by atoms with van der Waals surface area (Å²) in [7, 11) is 0. The number of rotatable bonds is 5. The first kappa shape index (κ1) is 19.6. The van der Waals surface area contributed by atoms with Crippen LogP contribution in [0.25, 0.3) is 6.08 Å². The van der Waals surface area contributed by atoms with Crippen molar-refractivity contribution in [1.82, 2.24) is 5.32 Å². The molecule has 0 aliphatic carbocycles. The van der Waals surface area contributed by atoms with Gasteiger partial charge in [0.1, 0.15) is 12.4 Å². The molecule has 0 saturated carbocycles. The van der Waals surface area contributed by atoms with E-state index in [0.29, 0.717) is 23.1 Å². The Balaban J connectivity index is 1.60. The van der Waals surface area contributed by atoms with Gasteiger partial charge in [-0.1, -0.05) is 31.2 Å². The van der Waals surface area contributed by atoms with Crippen LogP contribution in [-0.4, -0.2) is 17.0 Å². The summed E-state index contributed by atoms with van der Waals surface area (Å²) in [4.78, 5) is 27.7. The normalized spacial score (nSPS) is 15.0. The van der Waals surface area contributed by atoms with Gasteiger partial charge in [0.05, 0.1) is 4.91 Å². The van der Waals surface area contributed by atoms with E-state index in [4.69, 9.17) is 4.74 Å². The lowest BCUT2D eigenvalue weighted by molar-refractivity contribution is -0.119. The minimum atomic E-state index is -0.342. The molecule has 2 aromatic rings. The number of hydrogen-bond acceptors (Lipinski definition) is 4. The van der Waals surface area contributed by atoms with Crippen LogP contribution in [0.15, 0.2) is 58.4 Å². The molecule has 7 heteroatoms. The minimum absolute atomic E-state index is 0.162. The number of hydrogen-bond donors (Lipinski definition) is 1. The van der Waals surface area contributed by atoms with E-state index >= 15 is 0 Å². The number of amidine groups is 1. The van der Waals surface area contributed by atoms with Gasteiger partial charge in [-0.3, -0.25) is 9.59 Å². The summed E-state index contributed by atoms with van der Waals surface area (Å²) >= 11 is 3.44. The SMILES string of the molecule is CCC(=O)NC1=NC(=O)/C(=C\c2ccc(OCc3cccc(I)c3)cc2)S1. The van der Waals surface area contributed by atoms with Crippen LogP contribution in [0.3, 0.4) is 0 Å². The molecule has 2 amide bonds. The lowest BCUT2D eigenvalue weighted by Gasteiger charge is -2.07. The zero-order valence-corrected chi connectivity index (χ0v) is 17.5. The average molecular weight is 492 g/mol. The molecule has 0 atom stereocenters. The lowest BCUT2D eigenvalue weighted by Crippen LogP contribution is -2.26. The number of carbonyl (C=O) groups excluding carboxylic acids is 2. The van der Waals surface area contributed by atoms with E-state index in [0.717, 1.165) is 16.9 Å². The monoisotopic (exact) mass is 492 g/mol. The third-order valence-corrected chi connectivity index (χ3v) is 5.23. The molecule has 27 heavy (non-hydrogen) atoms. The van der Waals surface area contributed by atoms with Gasteiger partial charge < -0.3 is 10.1 Å². The van der Waals surface area contributed by atoms with Crippen LogP contribution in [0.5, 0.6) is 5.75 Å². The summed E-state index contributed by atoms with van der Waals surface area (Å²) in [5.74, 6) is 0.254. The van der Waals surface area contributed by atoms with Crippen molar-refractivity contribution in [3.8, 4) is 5.75 Å². The number of nitrogens with zero attached hydrogens (tertiary/aromatic N) is 1. The number of benzene rings is 2. The van der Waals surface area contributed by atoms with Crippen LogP contribution in [0.1, 0.15) is 24.5 Å². The molecule has 3 rings (SSSR count). The lowest BCUT2D eigenvalue weighted by atomic mass is 10.2. The summed E-state index contributed by atoms with van der Waals surface area (Å²) in [6.45, 7) is 2.25. The Kier molecular flexibility index (Phi) is 6.68. The molecule has 1 aliphatic rings. The summed E-state index contributed by atoms with van der Waals surface area (Å²) in [6, 6.07) is 15.6. The number of thioether (sulfide) groups is 1. The highest BCUT2D eigenvalue weighted by atomic mass is 127. The maximum atomic E-state index is 12.0. The van der Waals surface area contributed by atoms with Crippen molar-refractivity contribution >= 4 is 57.4 Å². The highest BCUT2D eigenvalue weighted by molar-refractivity contribution is 14.1. The molecule has 0 bridgehead atoms. The number of ether oxygens (including phenoxy) is 1. The molecule has 138 valence electrons. The molecule has 2 aromatic carbocycles. The Morgan fingerprint density at radius 1 is 1.26 bits per heavy atom.